The van der Waals surface area contributed by atoms with Crippen LogP contribution in [0.25, 0.3) is 10.9 Å². The van der Waals surface area contributed by atoms with Crippen LogP contribution in [0.15, 0.2) is 30.5 Å². The number of nitro groups is 1. The zero-order valence-electron chi connectivity index (χ0n) is 10.9. The average Bonchev–Trinajstić information content (AvgIpc) is 2.96. The van der Waals surface area contributed by atoms with E-state index in [0.717, 1.165) is 17.5 Å². The number of nitrogens with one attached hydrogen (secondary N) is 1. The molecule has 1 N–H and O–H groups in total. The van der Waals surface area contributed by atoms with Gasteiger partial charge in [-0.05, 0) is 30.0 Å². The van der Waals surface area contributed by atoms with Crippen LogP contribution < -0.4 is 5.32 Å². The zero-order chi connectivity index (χ0) is 13.6. The first kappa shape index (κ1) is 11.9. The summed E-state index contributed by atoms with van der Waals surface area (Å²) in [5, 5.41) is 15.3. The van der Waals surface area contributed by atoms with Crippen LogP contribution in [0.3, 0.4) is 0 Å². The smallest absolute Gasteiger partial charge is 0.295 e. The SMILES string of the molecule is CC1(C)CC1Nc1ccc([N+](=O)[O-])c2ncccc12. The maximum Gasteiger partial charge on any atom is 0.295 e. The molecule has 1 unspecified atom stereocenters. The van der Waals surface area contributed by atoms with Gasteiger partial charge in [0.2, 0.25) is 0 Å². The molecule has 1 atom stereocenters. The number of benzene rings is 1. The number of pyridine rings is 1. The number of hydrogen-bond donors (Lipinski definition) is 1. The number of nitro benzene ring substituents is 1. The number of aromatic nitrogens is 1. The molecule has 1 aliphatic rings. The van der Waals surface area contributed by atoms with Gasteiger partial charge in [0.15, 0.2) is 0 Å². The molecule has 1 aromatic heterocycles. The molecule has 0 spiro atoms. The summed E-state index contributed by atoms with van der Waals surface area (Å²) in [5.41, 5.74) is 1.72. The van der Waals surface area contributed by atoms with E-state index in [1.807, 2.05) is 6.07 Å². The van der Waals surface area contributed by atoms with Gasteiger partial charge in [-0.15, -0.1) is 0 Å². The van der Waals surface area contributed by atoms with Crippen molar-refractivity contribution in [2.45, 2.75) is 26.3 Å². The molecule has 3 rings (SSSR count). The van der Waals surface area contributed by atoms with Crippen molar-refractivity contribution >= 4 is 22.3 Å². The normalized spacial score (nSPS) is 20.2. The second-order valence-corrected chi connectivity index (χ2v) is 5.68. The second-order valence-electron chi connectivity index (χ2n) is 5.68. The summed E-state index contributed by atoms with van der Waals surface area (Å²) < 4.78 is 0. The Bertz CT molecular complexity index is 667. The molecular formula is C14H15N3O2. The van der Waals surface area contributed by atoms with E-state index in [4.69, 9.17) is 0 Å². The highest BCUT2D eigenvalue weighted by molar-refractivity contribution is 5.97. The van der Waals surface area contributed by atoms with Gasteiger partial charge in [0.1, 0.15) is 5.52 Å². The number of hydrogen-bond acceptors (Lipinski definition) is 4. The van der Waals surface area contributed by atoms with Gasteiger partial charge in [0.25, 0.3) is 5.69 Å². The molecular weight excluding hydrogens is 242 g/mol. The number of rotatable bonds is 3. The fraction of sp³-hybridized carbons (Fsp3) is 0.357. The Kier molecular flexibility index (Phi) is 2.45. The minimum Gasteiger partial charge on any atom is -0.381 e. The van der Waals surface area contributed by atoms with Crippen LogP contribution in [0.4, 0.5) is 11.4 Å². The molecule has 0 radical (unpaired) electrons. The molecule has 19 heavy (non-hydrogen) atoms. The van der Waals surface area contributed by atoms with Crippen molar-refractivity contribution in [2.75, 3.05) is 5.32 Å². The first-order valence-corrected chi connectivity index (χ1v) is 6.28. The molecule has 1 fully saturated rings. The largest absolute Gasteiger partial charge is 0.381 e. The monoisotopic (exact) mass is 257 g/mol. The van der Waals surface area contributed by atoms with Crippen LogP contribution in [0, 0.1) is 15.5 Å². The lowest BCUT2D eigenvalue weighted by Gasteiger charge is -2.11. The van der Waals surface area contributed by atoms with Crippen molar-refractivity contribution in [1.82, 2.24) is 4.98 Å². The van der Waals surface area contributed by atoms with Gasteiger partial charge in [-0.3, -0.25) is 10.1 Å². The molecule has 98 valence electrons. The first-order chi connectivity index (χ1) is 8.99. The van der Waals surface area contributed by atoms with Crippen molar-refractivity contribution in [1.29, 1.82) is 0 Å². The molecule has 5 heteroatoms. The zero-order valence-corrected chi connectivity index (χ0v) is 10.9. The summed E-state index contributed by atoms with van der Waals surface area (Å²) >= 11 is 0. The minimum absolute atomic E-state index is 0.0520. The van der Waals surface area contributed by atoms with Gasteiger partial charge in [-0.2, -0.15) is 0 Å². The van der Waals surface area contributed by atoms with Crippen LogP contribution in [-0.4, -0.2) is 15.9 Å². The third kappa shape index (κ3) is 2.01. The van der Waals surface area contributed by atoms with Crippen LogP contribution >= 0.6 is 0 Å². The van der Waals surface area contributed by atoms with Crippen molar-refractivity contribution < 1.29 is 4.92 Å². The lowest BCUT2D eigenvalue weighted by atomic mass is 10.1. The summed E-state index contributed by atoms with van der Waals surface area (Å²) in [7, 11) is 0. The fourth-order valence-corrected chi connectivity index (χ4v) is 2.33. The van der Waals surface area contributed by atoms with E-state index in [1.54, 1.807) is 18.3 Å². The van der Waals surface area contributed by atoms with E-state index in [0.29, 0.717) is 17.0 Å². The Labute approximate surface area is 110 Å². The fourth-order valence-electron chi connectivity index (χ4n) is 2.33. The van der Waals surface area contributed by atoms with Gasteiger partial charge in [0.05, 0.1) is 4.92 Å². The summed E-state index contributed by atoms with van der Waals surface area (Å²) in [4.78, 5) is 14.8. The quantitative estimate of drug-likeness (QED) is 0.676. The van der Waals surface area contributed by atoms with E-state index in [1.165, 1.54) is 6.07 Å². The Morgan fingerprint density at radius 3 is 2.79 bits per heavy atom. The maximum atomic E-state index is 11.0. The highest BCUT2D eigenvalue weighted by Crippen LogP contribution is 2.47. The van der Waals surface area contributed by atoms with Gasteiger partial charge >= 0.3 is 0 Å². The van der Waals surface area contributed by atoms with Crippen molar-refractivity contribution in [3.8, 4) is 0 Å². The molecule has 1 aliphatic carbocycles. The number of fused-ring (bicyclic) bond motifs is 1. The summed E-state index contributed by atoms with van der Waals surface area (Å²) in [6.07, 6.45) is 2.70. The summed E-state index contributed by atoms with van der Waals surface area (Å²) in [6, 6.07) is 7.39. The number of anilines is 1. The molecule has 0 amide bonds. The van der Waals surface area contributed by atoms with Gasteiger partial charge < -0.3 is 5.32 Å². The highest BCUT2D eigenvalue weighted by Gasteiger charge is 2.45. The summed E-state index contributed by atoms with van der Waals surface area (Å²) in [6.45, 7) is 4.41. The van der Waals surface area contributed by atoms with Gasteiger partial charge in [0, 0.05) is 29.4 Å². The maximum absolute atomic E-state index is 11.0. The van der Waals surface area contributed by atoms with Crippen LogP contribution in [0.2, 0.25) is 0 Å². The van der Waals surface area contributed by atoms with Crippen molar-refractivity contribution in [3.05, 3.63) is 40.6 Å². The summed E-state index contributed by atoms with van der Waals surface area (Å²) in [5.74, 6) is 0. The third-order valence-electron chi connectivity index (χ3n) is 3.79. The molecule has 0 aliphatic heterocycles. The predicted octanol–water partition coefficient (Wildman–Crippen LogP) is 3.35. The Balaban J connectivity index is 2.07. The predicted molar refractivity (Wildman–Crippen MR) is 74.2 cm³/mol. The Morgan fingerprint density at radius 2 is 2.16 bits per heavy atom. The van der Waals surface area contributed by atoms with Gasteiger partial charge in [-0.1, -0.05) is 13.8 Å². The third-order valence-corrected chi connectivity index (χ3v) is 3.79. The Morgan fingerprint density at radius 1 is 1.42 bits per heavy atom. The van der Waals surface area contributed by atoms with Crippen LogP contribution in [0.1, 0.15) is 20.3 Å². The molecule has 5 nitrogen and oxygen atoms in total. The van der Waals surface area contributed by atoms with Crippen molar-refractivity contribution in [2.24, 2.45) is 5.41 Å². The number of nitrogens with zero attached hydrogens (tertiary/aromatic N) is 2. The lowest BCUT2D eigenvalue weighted by Crippen LogP contribution is -2.09. The average molecular weight is 257 g/mol. The second kappa shape index (κ2) is 3.91. The van der Waals surface area contributed by atoms with Gasteiger partial charge in [-0.25, -0.2) is 4.98 Å². The van der Waals surface area contributed by atoms with E-state index >= 15 is 0 Å². The Hall–Kier alpha value is -2.17. The molecule has 1 aromatic carbocycles. The highest BCUT2D eigenvalue weighted by atomic mass is 16.6. The van der Waals surface area contributed by atoms with E-state index in [2.05, 4.69) is 24.1 Å². The topological polar surface area (TPSA) is 68.1 Å². The number of non-ortho nitro benzene ring substituents is 1. The lowest BCUT2D eigenvalue weighted by molar-refractivity contribution is -0.383. The molecule has 1 saturated carbocycles. The first-order valence-electron chi connectivity index (χ1n) is 6.28. The molecule has 1 heterocycles. The van der Waals surface area contributed by atoms with Crippen molar-refractivity contribution in [3.63, 3.8) is 0 Å². The van der Waals surface area contributed by atoms with Crippen LogP contribution in [0.5, 0.6) is 0 Å². The van der Waals surface area contributed by atoms with E-state index < -0.39 is 0 Å². The van der Waals surface area contributed by atoms with E-state index in [9.17, 15) is 10.1 Å². The molecule has 2 aromatic rings. The van der Waals surface area contributed by atoms with Crippen LogP contribution in [-0.2, 0) is 0 Å². The minimum atomic E-state index is -0.389. The standard InChI is InChI=1S/C14H15N3O2/c1-14(2)8-12(14)16-10-5-6-11(17(18)19)13-9(10)4-3-7-15-13/h3-7,12,16H,8H2,1-2H3. The van der Waals surface area contributed by atoms with E-state index in [-0.39, 0.29) is 10.6 Å². The molecule has 0 bridgehead atoms. The molecule has 0 saturated heterocycles.